The lowest BCUT2D eigenvalue weighted by atomic mass is 10.1. The van der Waals surface area contributed by atoms with Gasteiger partial charge in [-0.25, -0.2) is 9.37 Å². The van der Waals surface area contributed by atoms with Crippen molar-refractivity contribution in [1.29, 1.82) is 0 Å². The zero-order valence-corrected chi connectivity index (χ0v) is 16.0. The Hall–Kier alpha value is -2.89. The van der Waals surface area contributed by atoms with Crippen molar-refractivity contribution < 1.29 is 40.3 Å². The van der Waals surface area contributed by atoms with Gasteiger partial charge in [0.1, 0.15) is 23.4 Å². The van der Waals surface area contributed by atoms with Gasteiger partial charge in [-0.05, 0) is 36.4 Å². The number of amides is 1. The Morgan fingerprint density at radius 1 is 1.10 bits per heavy atom. The van der Waals surface area contributed by atoms with Gasteiger partial charge in [-0.1, -0.05) is 0 Å². The van der Waals surface area contributed by atoms with Gasteiger partial charge in [-0.15, -0.1) is 0 Å². The Labute approximate surface area is 172 Å². The predicted molar refractivity (Wildman–Crippen MR) is 96.0 cm³/mol. The summed E-state index contributed by atoms with van der Waals surface area (Å²) in [5, 5.41) is 0. The van der Waals surface area contributed by atoms with Gasteiger partial charge < -0.3 is 14.5 Å². The third-order valence-electron chi connectivity index (χ3n) is 4.68. The maximum atomic E-state index is 13.2. The van der Waals surface area contributed by atoms with Crippen molar-refractivity contribution in [3.8, 4) is 0 Å². The van der Waals surface area contributed by atoms with Crippen LogP contribution in [-0.2, 0) is 21.9 Å². The Morgan fingerprint density at radius 3 is 2.32 bits per heavy atom. The van der Waals surface area contributed by atoms with Crippen LogP contribution < -0.4 is 9.80 Å². The average molecular weight is 451 g/mol. The van der Waals surface area contributed by atoms with E-state index in [4.69, 9.17) is 4.74 Å². The standard InChI is InChI=1S/C19H16F7N3O2/c1-28(13-4-2-12(20)3-5-13)17(30)14-10-31-7-6-29(14)16-9-11(18(21,22)23)8-15(27-16)19(24,25)26/h2-5,8-9,14H,6-7,10H2,1H3. The monoisotopic (exact) mass is 451 g/mol. The molecule has 1 amide bonds. The van der Waals surface area contributed by atoms with Gasteiger partial charge in [0.25, 0.3) is 5.91 Å². The lowest BCUT2D eigenvalue weighted by Gasteiger charge is -2.37. The number of aromatic nitrogens is 1. The van der Waals surface area contributed by atoms with Crippen LogP contribution in [0.2, 0.25) is 0 Å². The van der Waals surface area contributed by atoms with Crippen LogP contribution in [-0.4, -0.2) is 43.7 Å². The van der Waals surface area contributed by atoms with Crippen molar-refractivity contribution >= 4 is 17.4 Å². The van der Waals surface area contributed by atoms with Crippen LogP contribution >= 0.6 is 0 Å². The number of anilines is 2. The zero-order chi connectivity index (χ0) is 23.0. The number of alkyl halides is 6. The van der Waals surface area contributed by atoms with E-state index in [1.807, 2.05) is 0 Å². The molecule has 0 spiro atoms. The summed E-state index contributed by atoms with van der Waals surface area (Å²) in [4.78, 5) is 18.5. The van der Waals surface area contributed by atoms with E-state index in [0.717, 1.165) is 21.9 Å². The first kappa shape index (κ1) is 22.8. The highest BCUT2D eigenvalue weighted by molar-refractivity contribution is 5.98. The van der Waals surface area contributed by atoms with Crippen LogP contribution in [0.25, 0.3) is 0 Å². The molecule has 1 aliphatic rings. The lowest BCUT2D eigenvalue weighted by molar-refractivity contribution is -0.145. The smallest absolute Gasteiger partial charge is 0.377 e. The molecule has 31 heavy (non-hydrogen) atoms. The predicted octanol–water partition coefficient (Wildman–Crippen LogP) is 4.13. The molecule has 1 aromatic heterocycles. The van der Waals surface area contributed by atoms with Crippen molar-refractivity contribution in [3.63, 3.8) is 0 Å². The van der Waals surface area contributed by atoms with Crippen LogP contribution in [0.15, 0.2) is 36.4 Å². The molecule has 1 saturated heterocycles. The third-order valence-corrected chi connectivity index (χ3v) is 4.68. The summed E-state index contributed by atoms with van der Waals surface area (Å²) in [5.74, 6) is -1.85. The normalized spacial score (nSPS) is 17.5. The van der Waals surface area contributed by atoms with E-state index in [0.29, 0.717) is 6.07 Å². The summed E-state index contributed by atoms with van der Waals surface area (Å²) in [5.41, 5.74) is -2.97. The number of halogens is 7. The van der Waals surface area contributed by atoms with Crippen molar-refractivity contribution in [2.75, 3.05) is 36.6 Å². The van der Waals surface area contributed by atoms with E-state index in [1.165, 1.54) is 19.2 Å². The first-order chi connectivity index (χ1) is 14.4. The molecule has 0 aliphatic carbocycles. The van der Waals surface area contributed by atoms with E-state index in [-0.39, 0.29) is 31.5 Å². The summed E-state index contributed by atoms with van der Waals surface area (Å²) in [6.45, 7) is -0.452. The van der Waals surface area contributed by atoms with E-state index >= 15 is 0 Å². The molecule has 0 N–H and O–H groups in total. The molecule has 3 rings (SSSR count). The van der Waals surface area contributed by atoms with Gasteiger partial charge in [0.2, 0.25) is 0 Å². The Morgan fingerprint density at radius 2 is 1.74 bits per heavy atom. The molecule has 2 aromatic rings. The number of morpholine rings is 1. The van der Waals surface area contributed by atoms with E-state index in [9.17, 15) is 35.5 Å². The number of rotatable bonds is 3. The van der Waals surface area contributed by atoms with E-state index < -0.39 is 47.2 Å². The molecule has 0 saturated carbocycles. The number of carbonyl (C=O) groups excluding carboxylic acids is 1. The molecule has 1 atom stereocenters. The molecule has 1 aromatic carbocycles. The first-order valence-corrected chi connectivity index (χ1v) is 8.92. The Balaban J connectivity index is 1.99. The molecule has 0 bridgehead atoms. The molecule has 1 aliphatic heterocycles. The van der Waals surface area contributed by atoms with Gasteiger partial charge in [-0.3, -0.25) is 4.79 Å². The highest BCUT2D eigenvalue weighted by Gasteiger charge is 2.40. The average Bonchev–Trinajstić information content (AvgIpc) is 2.71. The summed E-state index contributed by atoms with van der Waals surface area (Å²) in [7, 11) is 1.35. The van der Waals surface area contributed by atoms with Gasteiger partial charge in [0.05, 0.1) is 18.8 Å². The number of likely N-dealkylation sites (N-methyl/N-ethyl adjacent to an activating group) is 1. The quantitative estimate of drug-likeness (QED) is 0.659. The van der Waals surface area contributed by atoms with Gasteiger partial charge in [0.15, 0.2) is 0 Å². The molecule has 12 heteroatoms. The highest BCUT2D eigenvalue weighted by Crippen LogP contribution is 2.37. The molecule has 2 heterocycles. The fourth-order valence-electron chi connectivity index (χ4n) is 3.07. The van der Waals surface area contributed by atoms with Crippen LogP contribution in [0.1, 0.15) is 11.3 Å². The number of benzene rings is 1. The van der Waals surface area contributed by atoms with E-state index in [2.05, 4.69) is 4.98 Å². The number of nitrogens with zero attached hydrogens (tertiary/aromatic N) is 3. The van der Waals surface area contributed by atoms with Crippen LogP contribution in [0.4, 0.5) is 42.2 Å². The number of ether oxygens (including phenoxy) is 1. The van der Waals surface area contributed by atoms with Crippen LogP contribution in [0.3, 0.4) is 0 Å². The van der Waals surface area contributed by atoms with Crippen LogP contribution in [0, 0.1) is 5.82 Å². The topological polar surface area (TPSA) is 45.7 Å². The fraction of sp³-hybridized carbons (Fsp3) is 0.368. The SMILES string of the molecule is CN(C(=O)C1COCCN1c1cc(C(F)(F)F)cc(C(F)(F)F)n1)c1ccc(F)cc1. The minimum Gasteiger partial charge on any atom is -0.377 e. The lowest BCUT2D eigenvalue weighted by Crippen LogP contribution is -2.55. The van der Waals surface area contributed by atoms with E-state index in [1.54, 1.807) is 0 Å². The third kappa shape index (κ3) is 5.06. The maximum absolute atomic E-state index is 13.2. The number of pyridine rings is 1. The summed E-state index contributed by atoms with van der Waals surface area (Å²) in [6, 6.07) is 4.00. The minimum atomic E-state index is -5.12. The Bertz CT molecular complexity index is 913. The molecular formula is C19H16F7N3O2. The number of hydrogen-bond acceptors (Lipinski definition) is 4. The molecule has 168 valence electrons. The number of hydrogen-bond donors (Lipinski definition) is 0. The summed E-state index contributed by atoms with van der Waals surface area (Å²) in [6.07, 6.45) is -10.2. The largest absolute Gasteiger partial charge is 0.433 e. The zero-order valence-electron chi connectivity index (χ0n) is 16.0. The summed E-state index contributed by atoms with van der Waals surface area (Å²) < 4.78 is 97.4. The molecular weight excluding hydrogens is 435 g/mol. The molecule has 0 radical (unpaired) electrons. The van der Waals surface area contributed by atoms with Crippen molar-refractivity contribution in [2.24, 2.45) is 0 Å². The van der Waals surface area contributed by atoms with Crippen molar-refractivity contribution in [1.82, 2.24) is 4.98 Å². The second-order valence-electron chi connectivity index (χ2n) is 6.75. The Kier molecular flexibility index (Phi) is 6.12. The minimum absolute atomic E-state index is 0.0245. The van der Waals surface area contributed by atoms with Crippen LogP contribution in [0.5, 0.6) is 0 Å². The molecule has 1 fully saturated rings. The second-order valence-corrected chi connectivity index (χ2v) is 6.75. The van der Waals surface area contributed by atoms with Gasteiger partial charge in [0, 0.05) is 19.3 Å². The van der Waals surface area contributed by atoms with Crippen molar-refractivity contribution in [2.45, 2.75) is 18.4 Å². The molecule has 1 unspecified atom stereocenters. The maximum Gasteiger partial charge on any atom is 0.433 e. The molecule has 5 nitrogen and oxygen atoms in total. The highest BCUT2D eigenvalue weighted by atomic mass is 19.4. The second kappa shape index (κ2) is 8.33. The van der Waals surface area contributed by atoms with Gasteiger partial charge >= 0.3 is 12.4 Å². The van der Waals surface area contributed by atoms with Gasteiger partial charge in [-0.2, -0.15) is 26.3 Å². The summed E-state index contributed by atoms with van der Waals surface area (Å²) >= 11 is 0. The number of carbonyl (C=O) groups is 1. The van der Waals surface area contributed by atoms with Crippen molar-refractivity contribution in [3.05, 3.63) is 53.5 Å². The first-order valence-electron chi connectivity index (χ1n) is 8.92. The fourth-order valence-corrected chi connectivity index (χ4v) is 3.07.